The van der Waals surface area contributed by atoms with Gasteiger partial charge in [-0.3, -0.25) is 14.6 Å². The molecule has 0 unspecified atom stereocenters. The number of nitrogens with one attached hydrogen (secondary N) is 1. The molecule has 1 atom stereocenters. The molecule has 0 radical (unpaired) electrons. The maximum Gasteiger partial charge on any atom is 0.335 e. The number of carbonyl (C=O) groups excluding carboxylic acids is 1. The minimum Gasteiger partial charge on any atom is -0.493 e. The summed E-state index contributed by atoms with van der Waals surface area (Å²) in [6.45, 7) is 1.46. The van der Waals surface area contributed by atoms with Crippen molar-refractivity contribution in [1.29, 1.82) is 0 Å². The molecule has 1 amide bonds. The number of rotatable bonds is 3. The van der Waals surface area contributed by atoms with Crippen molar-refractivity contribution in [2.24, 2.45) is 5.10 Å². The van der Waals surface area contributed by atoms with E-state index in [0.717, 1.165) is 4.57 Å². The number of aromatic hydroxyl groups is 1. The van der Waals surface area contributed by atoms with E-state index in [-0.39, 0.29) is 36.1 Å². The molecule has 0 aliphatic carbocycles. The Morgan fingerprint density at radius 3 is 2.73 bits per heavy atom. The van der Waals surface area contributed by atoms with Gasteiger partial charge in [0.1, 0.15) is 5.56 Å². The zero-order valence-electron chi connectivity index (χ0n) is 17.2. The Morgan fingerprint density at radius 1 is 1.18 bits per heavy atom. The van der Waals surface area contributed by atoms with Gasteiger partial charge < -0.3 is 14.6 Å². The number of H-pyrrole nitrogens is 1. The van der Waals surface area contributed by atoms with Crippen LogP contribution in [0.15, 0.2) is 57.2 Å². The van der Waals surface area contributed by atoms with E-state index >= 15 is 0 Å². The molecule has 0 saturated heterocycles. The minimum absolute atomic E-state index is 0.107. The average molecular weight is 469 g/mol. The molecule has 5 rings (SSSR count). The smallest absolute Gasteiger partial charge is 0.335 e. The number of hydrazone groups is 1. The number of hydrogen-bond acceptors (Lipinski definition) is 7. The predicted molar refractivity (Wildman–Crippen MR) is 118 cm³/mol. The van der Waals surface area contributed by atoms with Gasteiger partial charge >= 0.3 is 5.69 Å². The first-order chi connectivity index (χ1) is 15.8. The molecule has 0 spiro atoms. The third kappa shape index (κ3) is 3.54. The second-order valence-electron chi connectivity index (χ2n) is 7.52. The number of fused-ring (bicyclic) bond motifs is 1. The summed E-state index contributed by atoms with van der Waals surface area (Å²) in [5, 5.41) is 16.8. The van der Waals surface area contributed by atoms with E-state index in [0.29, 0.717) is 22.1 Å². The molecule has 2 aliphatic heterocycles. The van der Waals surface area contributed by atoms with E-state index in [4.69, 9.17) is 21.1 Å². The Hall–Kier alpha value is -4.05. The van der Waals surface area contributed by atoms with Crippen LogP contribution >= 0.6 is 11.6 Å². The predicted octanol–water partition coefficient (Wildman–Crippen LogP) is 2.31. The van der Waals surface area contributed by atoms with Gasteiger partial charge in [0.2, 0.25) is 18.6 Å². The molecule has 33 heavy (non-hydrogen) atoms. The third-order valence-electron chi connectivity index (χ3n) is 5.46. The number of hydrogen-bond donors (Lipinski definition) is 2. The van der Waals surface area contributed by atoms with Crippen molar-refractivity contribution < 1.29 is 19.4 Å². The monoisotopic (exact) mass is 468 g/mol. The van der Waals surface area contributed by atoms with E-state index in [1.807, 2.05) is 0 Å². The number of halogens is 1. The standard InChI is InChI=1S/C22H17ClN4O6/c1-11(28)27-16(12-5-6-17-18(7-12)33-10-32-17)9-15(25-27)19-20(29)24-22(31)26(21(19)30)14-4-2-3-13(23)8-14/h2-8,16,30H,9-10H2,1H3,(H,24,29,31)/t16-/m0/s1. The first-order valence-electron chi connectivity index (χ1n) is 9.95. The second kappa shape index (κ2) is 7.82. The summed E-state index contributed by atoms with van der Waals surface area (Å²) < 4.78 is 11.7. The van der Waals surface area contributed by atoms with Gasteiger partial charge in [-0.05, 0) is 35.9 Å². The Kier molecular flexibility index (Phi) is 4.94. The Morgan fingerprint density at radius 2 is 1.97 bits per heavy atom. The van der Waals surface area contributed by atoms with Crippen molar-refractivity contribution >= 4 is 23.2 Å². The summed E-state index contributed by atoms with van der Waals surface area (Å²) in [5.74, 6) is 0.181. The molecule has 10 nitrogen and oxygen atoms in total. The van der Waals surface area contributed by atoms with E-state index < -0.39 is 23.2 Å². The van der Waals surface area contributed by atoms with Crippen molar-refractivity contribution in [3.05, 3.63) is 79.5 Å². The molecule has 2 aliphatic rings. The molecular weight excluding hydrogens is 452 g/mol. The number of ether oxygens (including phenoxy) is 2. The summed E-state index contributed by atoms with van der Waals surface area (Å²) in [4.78, 5) is 39.7. The van der Waals surface area contributed by atoms with Gasteiger partial charge in [-0.2, -0.15) is 5.10 Å². The summed E-state index contributed by atoms with van der Waals surface area (Å²) in [6, 6.07) is 11.0. The minimum atomic E-state index is -0.835. The number of aromatic amines is 1. The maximum absolute atomic E-state index is 12.7. The maximum atomic E-state index is 12.7. The highest BCUT2D eigenvalue weighted by atomic mass is 35.5. The van der Waals surface area contributed by atoms with Gasteiger partial charge in [0.05, 0.1) is 17.4 Å². The number of amides is 1. The zero-order chi connectivity index (χ0) is 23.3. The van der Waals surface area contributed by atoms with Crippen LogP contribution in [0, 0.1) is 0 Å². The first-order valence-corrected chi connectivity index (χ1v) is 10.3. The number of aromatic nitrogens is 2. The lowest BCUT2D eigenvalue weighted by Gasteiger charge is -2.20. The largest absolute Gasteiger partial charge is 0.493 e. The fourth-order valence-electron chi connectivity index (χ4n) is 3.97. The fraction of sp³-hybridized carbons (Fsp3) is 0.182. The summed E-state index contributed by atoms with van der Waals surface area (Å²) >= 11 is 6.02. The van der Waals surface area contributed by atoms with Crippen molar-refractivity contribution in [2.45, 2.75) is 19.4 Å². The fourth-order valence-corrected chi connectivity index (χ4v) is 4.16. The Labute approximate surface area is 191 Å². The van der Waals surface area contributed by atoms with Gasteiger partial charge in [0.25, 0.3) is 5.56 Å². The van der Waals surface area contributed by atoms with Crippen LogP contribution in [0.4, 0.5) is 0 Å². The number of nitrogens with zero attached hydrogens (tertiary/aromatic N) is 3. The molecule has 3 heterocycles. The average Bonchev–Trinajstić information content (AvgIpc) is 3.40. The quantitative estimate of drug-likeness (QED) is 0.607. The number of benzene rings is 2. The molecule has 1 aromatic heterocycles. The molecule has 0 bridgehead atoms. The molecule has 0 saturated carbocycles. The van der Waals surface area contributed by atoms with Gasteiger partial charge in [-0.15, -0.1) is 0 Å². The van der Waals surface area contributed by atoms with Crippen LogP contribution in [-0.2, 0) is 4.79 Å². The van der Waals surface area contributed by atoms with Gasteiger partial charge in [0, 0.05) is 18.4 Å². The highest BCUT2D eigenvalue weighted by Crippen LogP contribution is 2.39. The van der Waals surface area contributed by atoms with Crippen molar-refractivity contribution in [3.63, 3.8) is 0 Å². The van der Waals surface area contributed by atoms with E-state index in [1.165, 1.54) is 18.0 Å². The van der Waals surface area contributed by atoms with Crippen molar-refractivity contribution in [3.8, 4) is 23.1 Å². The lowest BCUT2D eigenvalue weighted by atomic mass is 9.98. The Bertz CT molecular complexity index is 1440. The van der Waals surface area contributed by atoms with Crippen LogP contribution in [0.2, 0.25) is 5.02 Å². The van der Waals surface area contributed by atoms with Crippen LogP contribution in [0.3, 0.4) is 0 Å². The van der Waals surface area contributed by atoms with Crippen LogP contribution in [0.1, 0.15) is 30.5 Å². The van der Waals surface area contributed by atoms with Crippen molar-refractivity contribution in [2.75, 3.05) is 6.79 Å². The first kappa shape index (κ1) is 20.8. The molecule has 2 N–H and O–H groups in total. The summed E-state index contributed by atoms with van der Waals surface area (Å²) in [5.41, 5.74) is -0.724. The molecule has 168 valence electrons. The zero-order valence-corrected chi connectivity index (χ0v) is 18.0. The molecular formula is C22H17ClN4O6. The normalized spacial score (nSPS) is 16.7. The SMILES string of the molecule is CC(=O)N1N=C(c2c(O)n(-c3cccc(Cl)c3)c(=O)[nH]c2=O)C[C@H]1c1ccc2c(c1)OCO2. The topological polar surface area (TPSA) is 126 Å². The van der Waals surface area contributed by atoms with E-state index in [9.17, 15) is 19.5 Å². The molecule has 2 aromatic carbocycles. The highest BCUT2D eigenvalue weighted by Gasteiger charge is 2.35. The molecule has 3 aromatic rings. The third-order valence-corrected chi connectivity index (χ3v) is 5.69. The van der Waals surface area contributed by atoms with Crippen LogP contribution in [-0.4, -0.2) is 38.1 Å². The summed E-state index contributed by atoms with van der Waals surface area (Å²) in [6.07, 6.45) is 0.129. The lowest BCUT2D eigenvalue weighted by Crippen LogP contribution is -2.33. The lowest BCUT2D eigenvalue weighted by molar-refractivity contribution is -0.130. The Balaban J connectivity index is 1.60. The second-order valence-corrected chi connectivity index (χ2v) is 7.95. The van der Waals surface area contributed by atoms with Gasteiger partial charge in [-0.25, -0.2) is 14.4 Å². The van der Waals surface area contributed by atoms with E-state index in [1.54, 1.807) is 36.4 Å². The van der Waals surface area contributed by atoms with E-state index in [2.05, 4.69) is 10.1 Å². The van der Waals surface area contributed by atoms with Crippen LogP contribution < -0.4 is 20.7 Å². The van der Waals surface area contributed by atoms with Crippen molar-refractivity contribution in [1.82, 2.24) is 14.6 Å². The number of carbonyl (C=O) groups is 1. The van der Waals surface area contributed by atoms with Gasteiger partial charge in [0.15, 0.2) is 11.5 Å². The van der Waals surface area contributed by atoms with Crippen LogP contribution in [0.5, 0.6) is 17.4 Å². The van der Waals surface area contributed by atoms with Gasteiger partial charge in [-0.1, -0.05) is 23.7 Å². The highest BCUT2D eigenvalue weighted by molar-refractivity contribution is 6.30. The molecule has 0 fully saturated rings. The molecule has 11 heteroatoms. The van der Waals surface area contributed by atoms with Crippen LogP contribution in [0.25, 0.3) is 5.69 Å². The summed E-state index contributed by atoms with van der Waals surface area (Å²) in [7, 11) is 0.